The molecule has 0 aliphatic carbocycles. The highest BCUT2D eigenvalue weighted by Crippen LogP contribution is 2.11. The van der Waals surface area contributed by atoms with Crippen molar-refractivity contribution < 1.29 is 14.4 Å². The minimum Gasteiger partial charge on any atom is -0.409 e. The predicted octanol–water partition coefficient (Wildman–Crippen LogP) is 1.34. The largest absolute Gasteiger partial charge is 0.409 e. The van der Waals surface area contributed by atoms with Gasteiger partial charge in [-0.1, -0.05) is 11.2 Å². The van der Waals surface area contributed by atoms with Crippen LogP contribution in [0.15, 0.2) is 23.4 Å². The number of hydrogen-bond donors (Lipinski definition) is 2. The Kier molecular flexibility index (Phi) is 4.65. The zero-order valence-electron chi connectivity index (χ0n) is 10.4. The molecule has 1 amide bonds. The molecule has 98 valence electrons. The van der Waals surface area contributed by atoms with E-state index >= 15 is 0 Å². The summed E-state index contributed by atoms with van der Waals surface area (Å²) in [6.07, 6.45) is 0.257. The lowest BCUT2D eigenvalue weighted by atomic mass is 10.1. The van der Waals surface area contributed by atoms with Crippen LogP contribution in [0.25, 0.3) is 0 Å². The van der Waals surface area contributed by atoms with E-state index in [0.717, 1.165) is 0 Å². The zero-order chi connectivity index (χ0) is 13.7. The van der Waals surface area contributed by atoms with Gasteiger partial charge in [0.25, 0.3) is 5.91 Å². The van der Waals surface area contributed by atoms with Crippen molar-refractivity contribution >= 4 is 11.7 Å². The second kappa shape index (κ2) is 6.00. The van der Waals surface area contributed by atoms with E-state index in [9.17, 15) is 9.18 Å². The Morgan fingerprint density at radius 3 is 2.78 bits per heavy atom. The minimum atomic E-state index is -0.411. The monoisotopic (exact) mass is 253 g/mol. The molecule has 1 rings (SSSR count). The van der Waals surface area contributed by atoms with Gasteiger partial charge in [0, 0.05) is 25.6 Å². The van der Waals surface area contributed by atoms with Gasteiger partial charge < -0.3 is 15.8 Å². The molecule has 5 nitrogen and oxygen atoms in total. The molecule has 0 aliphatic rings. The van der Waals surface area contributed by atoms with Gasteiger partial charge in [0.1, 0.15) is 11.7 Å². The highest BCUT2D eigenvalue weighted by atomic mass is 19.1. The molecule has 1 aromatic rings. The molecule has 18 heavy (non-hydrogen) atoms. The number of hydrogen-bond acceptors (Lipinski definition) is 3. The molecule has 0 atom stereocenters. The molecular formula is C12H16FN3O2. The van der Waals surface area contributed by atoms with Gasteiger partial charge in [-0.15, -0.1) is 0 Å². The van der Waals surface area contributed by atoms with E-state index in [0.29, 0.717) is 12.1 Å². The smallest absolute Gasteiger partial charge is 0.253 e. The molecule has 0 saturated carbocycles. The number of nitrogens with two attached hydrogens (primary N) is 1. The quantitative estimate of drug-likeness (QED) is 0.368. The van der Waals surface area contributed by atoms with Crippen LogP contribution in [-0.2, 0) is 0 Å². The van der Waals surface area contributed by atoms with Gasteiger partial charge in [0.2, 0.25) is 0 Å². The molecule has 0 aliphatic heterocycles. The molecule has 6 heteroatoms. The summed E-state index contributed by atoms with van der Waals surface area (Å²) in [6, 6.07) is 4.33. The fraction of sp³-hybridized carbons (Fsp3) is 0.333. The van der Waals surface area contributed by atoms with Gasteiger partial charge in [-0.3, -0.25) is 4.79 Å². The van der Waals surface area contributed by atoms with Crippen molar-refractivity contribution in [3.05, 3.63) is 35.1 Å². The summed E-state index contributed by atoms with van der Waals surface area (Å²) in [7, 11) is 1.57. The van der Waals surface area contributed by atoms with Crippen molar-refractivity contribution in [2.24, 2.45) is 10.9 Å². The van der Waals surface area contributed by atoms with Gasteiger partial charge in [0.05, 0.1) is 0 Å². The average Bonchev–Trinajstić information content (AvgIpc) is 2.37. The molecular weight excluding hydrogens is 237 g/mol. The third kappa shape index (κ3) is 3.44. The maximum Gasteiger partial charge on any atom is 0.253 e. The number of carbonyl (C=O) groups excluding carboxylic acids is 1. The molecule has 0 unspecified atom stereocenters. The maximum atomic E-state index is 13.3. The molecule has 0 saturated heterocycles. The Balaban J connectivity index is 2.71. The van der Waals surface area contributed by atoms with E-state index in [1.54, 1.807) is 26.1 Å². The Bertz CT molecular complexity index is 474. The fourth-order valence-corrected chi connectivity index (χ4v) is 1.38. The number of oxime groups is 1. The Morgan fingerprint density at radius 2 is 2.22 bits per heavy atom. The summed E-state index contributed by atoms with van der Waals surface area (Å²) in [6.45, 7) is 1.93. The van der Waals surface area contributed by atoms with Gasteiger partial charge >= 0.3 is 0 Å². The molecule has 3 N–H and O–H groups in total. The van der Waals surface area contributed by atoms with Crippen LogP contribution < -0.4 is 5.73 Å². The molecule has 0 radical (unpaired) electrons. The molecule has 0 bridgehead atoms. The van der Waals surface area contributed by atoms with Gasteiger partial charge in [-0.2, -0.15) is 0 Å². The molecule has 0 fully saturated rings. The number of benzene rings is 1. The maximum absolute atomic E-state index is 13.3. The van der Waals surface area contributed by atoms with Crippen LogP contribution in [0.5, 0.6) is 0 Å². The molecule has 1 aromatic carbocycles. The Hall–Kier alpha value is -2.11. The van der Waals surface area contributed by atoms with Crippen molar-refractivity contribution in [3.8, 4) is 0 Å². The number of halogens is 1. The second-order valence-corrected chi connectivity index (χ2v) is 4.03. The van der Waals surface area contributed by atoms with Gasteiger partial charge in [-0.25, -0.2) is 4.39 Å². The summed E-state index contributed by atoms with van der Waals surface area (Å²) in [5.41, 5.74) is 6.08. The summed E-state index contributed by atoms with van der Waals surface area (Å²) >= 11 is 0. The number of nitrogens with zero attached hydrogens (tertiary/aromatic N) is 2. The summed E-state index contributed by atoms with van der Waals surface area (Å²) < 4.78 is 13.3. The summed E-state index contributed by atoms with van der Waals surface area (Å²) in [5, 5.41) is 11.2. The van der Waals surface area contributed by atoms with Crippen LogP contribution >= 0.6 is 0 Å². The number of amides is 1. The topological polar surface area (TPSA) is 78.9 Å². The first-order valence-electron chi connectivity index (χ1n) is 5.43. The van der Waals surface area contributed by atoms with E-state index < -0.39 is 5.82 Å². The minimum absolute atomic E-state index is 0.0461. The van der Waals surface area contributed by atoms with E-state index in [-0.39, 0.29) is 23.7 Å². The molecule has 0 heterocycles. The molecule has 0 spiro atoms. The highest BCUT2D eigenvalue weighted by molar-refractivity contribution is 5.94. The van der Waals surface area contributed by atoms with Crippen LogP contribution in [0.1, 0.15) is 22.3 Å². The first-order chi connectivity index (χ1) is 8.45. The first kappa shape index (κ1) is 14.0. The van der Waals surface area contributed by atoms with Crippen LogP contribution in [0.4, 0.5) is 4.39 Å². The van der Waals surface area contributed by atoms with Crippen LogP contribution in [0.3, 0.4) is 0 Å². The van der Waals surface area contributed by atoms with Crippen molar-refractivity contribution in [3.63, 3.8) is 0 Å². The van der Waals surface area contributed by atoms with Gasteiger partial charge in [0.15, 0.2) is 0 Å². The lowest BCUT2D eigenvalue weighted by Gasteiger charge is -2.16. The normalized spacial score (nSPS) is 11.4. The average molecular weight is 253 g/mol. The first-order valence-corrected chi connectivity index (χ1v) is 5.43. The van der Waals surface area contributed by atoms with E-state index in [2.05, 4.69) is 5.16 Å². The van der Waals surface area contributed by atoms with Gasteiger partial charge in [-0.05, 0) is 24.6 Å². The summed E-state index contributed by atoms with van der Waals surface area (Å²) in [5.74, 6) is -0.671. The fourth-order valence-electron chi connectivity index (χ4n) is 1.38. The lowest BCUT2D eigenvalue weighted by molar-refractivity contribution is 0.0798. The highest BCUT2D eigenvalue weighted by Gasteiger charge is 2.13. The standard InChI is InChI=1S/C12H16FN3O2/c1-8-3-4-9(7-10(8)13)12(17)16(2)6-5-11(14)15-18/h3-4,7,18H,5-6H2,1-2H3,(H2,14,15). The van der Waals surface area contributed by atoms with Crippen LogP contribution in [0.2, 0.25) is 0 Å². The lowest BCUT2D eigenvalue weighted by Crippen LogP contribution is -2.30. The third-order valence-corrected chi connectivity index (χ3v) is 2.60. The van der Waals surface area contributed by atoms with Crippen molar-refractivity contribution in [2.75, 3.05) is 13.6 Å². The SMILES string of the molecule is Cc1ccc(C(=O)N(C)CC/C(N)=N/O)cc1F. The predicted molar refractivity (Wildman–Crippen MR) is 66.1 cm³/mol. The summed E-state index contributed by atoms with van der Waals surface area (Å²) in [4.78, 5) is 13.3. The van der Waals surface area contributed by atoms with E-state index in [4.69, 9.17) is 10.9 Å². The van der Waals surface area contributed by atoms with Crippen molar-refractivity contribution in [1.82, 2.24) is 4.90 Å². The number of amidine groups is 1. The van der Waals surface area contributed by atoms with Crippen LogP contribution in [0, 0.1) is 12.7 Å². The Labute approximate surface area is 105 Å². The number of rotatable bonds is 4. The Morgan fingerprint density at radius 1 is 1.56 bits per heavy atom. The van der Waals surface area contributed by atoms with Crippen LogP contribution in [-0.4, -0.2) is 35.4 Å². The van der Waals surface area contributed by atoms with Crippen molar-refractivity contribution in [1.29, 1.82) is 0 Å². The zero-order valence-corrected chi connectivity index (χ0v) is 10.4. The molecule has 0 aromatic heterocycles. The second-order valence-electron chi connectivity index (χ2n) is 4.03. The number of aryl methyl sites for hydroxylation is 1. The van der Waals surface area contributed by atoms with E-state index in [1.165, 1.54) is 11.0 Å². The number of carbonyl (C=O) groups is 1. The van der Waals surface area contributed by atoms with E-state index in [1.807, 2.05) is 0 Å². The third-order valence-electron chi connectivity index (χ3n) is 2.60. The van der Waals surface area contributed by atoms with Crippen molar-refractivity contribution in [2.45, 2.75) is 13.3 Å².